The molecule has 5 nitrogen and oxygen atoms in total. The van der Waals surface area contributed by atoms with E-state index in [0.29, 0.717) is 5.56 Å². The van der Waals surface area contributed by atoms with E-state index in [9.17, 15) is 9.59 Å². The molecule has 0 radical (unpaired) electrons. The van der Waals surface area contributed by atoms with Gasteiger partial charge < -0.3 is 15.7 Å². The Morgan fingerprint density at radius 2 is 2.10 bits per heavy atom. The lowest BCUT2D eigenvalue weighted by atomic mass is 9.96. The molecule has 0 saturated carbocycles. The number of hydrogen-bond acceptors (Lipinski definition) is 3. The van der Waals surface area contributed by atoms with Gasteiger partial charge in [-0.3, -0.25) is 9.59 Å². The topological polar surface area (TPSA) is 78.4 Å². The maximum absolute atomic E-state index is 12.2. The highest BCUT2D eigenvalue weighted by Crippen LogP contribution is 2.17. The first kappa shape index (κ1) is 14.5. The van der Waals surface area contributed by atoms with E-state index in [0.717, 1.165) is 25.1 Å². The molecule has 0 saturated heterocycles. The third-order valence-corrected chi connectivity index (χ3v) is 3.40. The van der Waals surface area contributed by atoms with E-state index in [1.165, 1.54) is 5.56 Å². The summed E-state index contributed by atoms with van der Waals surface area (Å²) in [6.07, 6.45) is 0.868. The van der Waals surface area contributed by atoms with Crippen LogP contribution >= 0.6 is 0 Å². The second kappa shape index (κ2) is 5.63. The van der Waals surface area contributed by atoms with Crippen LogP contribution in [0.15, 0.2) is 18.2 Å². The number of hydrogen-bond donors (Lipinski definition) is 3. The molecule has 0 atom stereocenters. The van der Waals surface area contributed by atoms with Crippen molar-refractivity contribution < 1.29 is 14.7 Å². The highest BCUT2D eigenvalue weighted by atomic mass is 16.4. The Balaban J connectivity index is 2.11. The fourth-order valence-corrected chi connectivity index (χ4v) is 2.42. The Kier molecular flexibility index (Phi) is 4.09. The lowest BCUT2D eigenvalue weighted by Gasteiger charge is -2.25. The molecule has 108 valence electrons. The van der Waals surface area contributed by atoms with Gasteiger partial charge in [0.1, 0.15) is 0 Å². The molecule has 0 bridgehead atoms. The largest absolute Gasteiger partial charge is 0.481 e. The van der Waals surface area contributed by atoms with Crippen LogP contribution in [0.1, 0.15) is 41.8 Å². The first-order valence-electron chi connectivity index (χ1n) is 6.74. The second-order valence-electron chi connectivity index (χ2n) is 5.82. The van der Waals surface area contributed by atoms with Crippen molar-refractivity contribution in [2.45, 2.75) is 38.8 Å². The van der Waals surface area contributed by atoms with E-state index in [2.05, 4.69) is 10.6 Å². The Morgan fingerprint density at radius 1 is 1.35 bits per heavy atom. The Morgan fingerprint density at radius 3 is 2.80 bits per heavy atom. The standard InChI is InChI=1S/C15H20N2O3/c1-15(2,8-13(18)19)17-14(20)11-4-3-10-5-6-16-9-12(10)7-11/h3-4,7,16H,5-6,8-9H2,1-2H3,(H,17,20)(H,18,19). The van der Waals surface area contributed by atoms with E-state index < -0.39 is 11.5 Å². The zero-order valence-corrected chi connectivity index (χ0v) is 11.8. The number of rotatable bonds is 4. The van der Waals surface area contributed by atoms with Crippen LogP contribution in [0.2, 0.25) is 0 Å². The molecule has 0 spiro atoms. The van der Waals surface area contributed by atoms with Crippen molar-refractivity contribution in [2.24, 2.45) is 0 Å². The van der Waals surface area contributed by atoms with Gasteiger partial charge in [-0.05, 0) is 50.1 Å². The first-order chi connectivity index (χ1) is 9.37. The minimum Gasteiger partial charge on any atom is -0.481 e. The van der Waals surface area contributed by atoms with Crippen molar-refractivity contribution in [3.05, 3.63) is 34.9 Å². The number of carbonyl (C=O) groups is 2. The zero-order valence-electron chi connectivity index (χ0n) is 11.8. The molecule has 1 aliphatic rings. The molecular formula is C15H20N2O3. The number of carboxylic acids is 1. The Hall–Kier alpha value is -1.88. The summed E-state index contributed by atoms with van der Waals surface area (Å²) in [6.45, 7) is 5.15. The molecule has 0 fully saturated rings. The zero-order chi connectivity index (χ0) is 14.8. The average Bonchev–Trinajstić information content (AvgIpc) is 2.36. The van der Waals surface area contributed by atoms with E-state index in [4.69, 9.17) is 5.11 Å². The SMILES string of the molecule is CC(C)(CC(=O)O)NC(=O)c1ccc2c(c1)CNCC2. The van der Waals surface area contributed by atoms with Gasteiger partial charge in [0.2, 0.25) is 0 Å². The van der Waals surface area contributed by atoms with Gasteiger partial charge in [-0.25, -0.2) is 0 Å². The third kappa shape index (κ3) is 3.57. The fraction of sp³-hybridized carbons (Fsp3) is 0.467. The van der Waals surface area contributed by atoms with Crippen LogP contribution in [0.25, 0.3) is 0 Å². The fourth-order valence-electron chi connectivity index (χ4n) is 2.42. The summed E-state index contributed by atoms with van der Waals surface area (Å²) in [5.74, 6) is -1.16. The highest BCUT2D eigenvalue weighted by Gasteiger charge is 2.24. The molecule has 5 heteroatoms. The van der Waals surface area contributed by atoms with Crippen molar-refractivity contribution in [1.82, 2.24) is 10.6 Å². The minimum atomic E-state index is -0.926. The van der Waals surface area contributed by atoms with E-state index in [1.807, 2.05) is 12.1 Å². The second-order valence-corrected chi connectivity index (χ2v) is 5.82. The maximum atomic E-state index is 12.2. The molecule has 3 N–H and O–H groups in total. The van der Waals surface area contributed by atoms with Gasteiger partial charge in [0.15, 0.2) is 0 Å². The van der Waals surface area contributed by atoms with Crippen molar-refractivity contribution in [3.8, 4) is 0 Å². The quantitative estimate of drug-likeness (QED) is 0.775. The average molecular weight is 276 g/mol. The molecule has 0 aromatic heterocycles. The van der Waals surface area contributed by atoms with Crippen LogP contribution in [-0.2, 0) is 17.8 Å². The van der Waals surface area contributed by atoms with Gasteiger partial charge in [0, 0.05) is 17.6 Å². The summed E-state index contributed by atoms with van der Waals surface area (Å²) in [4.78, 5) is 23.0. The number of aliphatic carboxylic acids is 1. The van der Waals surface area contributed by atoms with Crippen molar-refractivity contribution in [2.75, 3.05) is 6.54 Å². The van der Waals surface area contributed by atoms with E-state index in [1.54, 1.807) is 19.9 Å². The third-order valence-electron chi connectivity index (χ3n) is 3.40. The normalized spacial score (nSPS) is 14.5. The molecule has 0 aliphatic carbocycles. The summed E-state index contributed by atoms with van der Waals surface area (Å²) >= 11 is 0. The van der Waals surface area contributed by atoms with Crippen molar-refractivity contribution in [1.29, 1.82) is 0 Å². The number of benzene rings is 1. The summed E-state index contributed by atoms with van der Waals surface area (Å²) in [6, 6.07) is 5.67. The predicted molar refractivity (Wildman–Crippen MR) is 75.7 cm³/mol. The molecule has 20 heavy (non-hydrogen) atoms. The van der Waals surface area contributed by atoms with E-state index in [-0.39, 0.29) is 12.3 Å². The monoisotopic (exact) mass is 276 g/mol. The lowest BCUT2D eigenvalue weighted by molar-refractivity contribution is -0.138. The molecule has 1 aromatic rings. The summed E-state index contributed by atoms with van der Waals surface area (Å²) < 4.78 is 0. The van der Waals surface area contributed by atoms with Gasteiger partial charge >= 0.3 is 5.97 Å². The molecule has 1 aliphatic heterocycles. The molecular weight excluding hydrogens is 256 g/mol. The highest BCUT2D eigenvalue weighted by molar-refractivity contribution is 5.95. The van der Waals surface area contributed by atoms with Gasteiger partial charge in [0.25, 0.3) is 5.91 Å². The first-order valence-corrected chi connectivity index (χ1v) is 6.74. The molecule has 1 aromatic carbocycles. The molecule has 2 rings (SSSR count). The van der Waals surface area contributed by atoms with E-state index >= 15 is 0 Å². The number of carboxylic acid groups (broad SMARTS) is 1. The van der Waals surface area contributed by atoms with Gasteiger partial charge in [-0.2, -0.15) is 0 Å². The van der Waals surface area contributed by atoms with Crippen molar-refractivity contribution in [3.63, 3.8) is 0 Å². The van der Waals surface area contributed by atoms with Crippen LogP contribution in [0, 0.1) is 0 Å². The summed E-state index contributed by atoms with van der Waals surface area (Å²) in [7, 11) is 0. The maximum Gasteiger partial charge on any atom is 0.305 e. The van der Waals surface area contributed by atoms with Gasteiger partial charge in [-0.15, -0.1) is 0 Å². The minimum absolute atomic E-state index is 0.106. The molecule has 1 amide bonds. The van der Waals surface area contributed by atoms with Crippen LogP contribution in [0.4, 0.5) is 0 Å². The number of nitrogens with one attached hydrogen (secondary N) is 2. The lowest BCUT2D eigenvalue weighted by Crippen LogP contribution is -2.45. The number of carbonyl (C=O) groups excluding carboxylic acids is 1. The van der Waals surface area contributed by atoms with Gasteiger partial charge in [0.05, 0.1) is 6.42 Å². The van der Waals surface area contributed by atoms with Crippen LogP contribution in [0.5, 0.6) is 0 Å². The Labute approximate surface area is 118 Å². The molecule has 1 heterocycles. The number of amides is 1. The smallest absolute Gasteiger partial charge is 0.305 e. The Bertz CT molecular complexity index is 538. The number of fused-ring (bicyclic) bond motifs is 1. The predicted octanol–water partition coefficient (Wildman–Crippen LogP) is 1.32. The van der Waals surface area contributed by atoms with Gasteiger partial charge in [-0.1, -0.05) is 6.07 Å². The van der Waals surface area contributed by atoms with Crippen molar-refractivity contribution >= 4 is 11.9 Å². The van der Waals surface area contributed by atoms with Crippen LogP contribution < -0.4 is 10.6 Å². The van der Waals surface area contributed by atoms with Crippen LogP contribution in [0.3, 0.4) is 0 Å². The molecule has 0 unspecified atom stereocenters. The summed E-state index contributed by atoms with van der Waals surface area (Å²) in [5.41, 5.74) is 2.22. The van der Waals surface area contributed by atoms with Crippen LogP contribution in [-0.4, -0.2) is 29.1 Å². The summed E-state index contributed by atoms with van der Waals surface area (Å²) in [5, 5.41) is 14.9.